The molecule has 0 aromatic heterocycles. The molecule has 1 amide bonds. The highest BCUT2D eigenvalue weighted by Gasteiger charge is 2.10. The van der Waals surface area contributed by atoms with E-state index in [0.29, 0.717) is 13.0 Å². The second kappa shape index (κ2) is 9.66. The van der Waals surface area contributed by atoms with Crippen LogP contribution in [0.4, 0.5) is 0 Å². The number of hydrogen-bond acceptors (Lipinski definition) is 2. The lowest BCUT2D eigenvalue weighted by Gasteiger charge is -2.11. The predicted molar refractivity (Wildman–Crippen MR) is 75.7 cm³/mol. The van der Waals surface area contributed by atoms with Crippen molar-refractivity contribution in [3.05, 3.63) is 35.4 Å². The molecule has 102 valence electrons. The maximum atomic E-state index is 11.4. The van der Waals surface area contributed by atoms with Gasteiger partial charge in [0.15, 0.2) is 0 Å². The largest absolute Gasteiger partial charge is 0.395 e. The molecule has 0 radical (unpaired) electrons. The normalized spacial score (nSPS) is 11.2. The molecule has 1 aromatic carbocycles. The van der Waals surface area contributed by atoms with Gasteiger partial charge in [-0.05, 0) is 18.4 Å². The lowest BCUT2D eigenvalue weighted by molar-refractivity contribution is -0.121. The Morgan fingerprint density at radius 1 is 1.28 bits per heavy atom. The highest BCUT2D eigenvalue weighted by Crippen LogP contribution is 2.18. The summed E-state index contributed by atoms with van der Waals surface area (Å²) in [7, 11) is 0. The van der Waals surface area contributed by atoms with E-state index in [4.69, 9.17) is 5.11 Å². The summed E-state index contributed by atoms with van der Waals surface area (Å²) >= 11 is 0. The van der Waals surface area contributed by atoms with Crippen molar-refractivity contribution in [2.24, 2.45) is 0 Å². The van der Waals surface area contributed by atoms with Crippen molar-refractivity contribution >= 4 is 5.91 Å². The summed E-state index contributed by atoms with van der Waals surface area (Å²) in [6.07, 6.45) is 0.461. The van der Waals surface area contributed by atoms with E-state index >= 15 is 0 Å². The number of nitrogens with one attached hydrogen (secondary N) is 1. The number of hydrogen-bond donors (Lipinski definition) is 2. The fourth-order valence-electron chi connectivity index (χ4n) is 1.56. The van der Waals surface area contributed by atoms with Crippen molar-refractivity contribution in [1.29, 1.82) is 0 Å². The van der Waals surface area contributed by atoms with Gasteiger partial charge in [0.1, 0.15) is 0 Å². The lowest BCUT2D eigenvalue weighted by atomic mass is 9.96. The molecule has 1 unspecified atom stereocenters. The van der Waals surface area contributed by atoms with Crippen molar-refractivity contribution < 1.29 is 9.90 Å². The lowest BCUT2D eigenvalue weighted by Crippen LogP contribution is -2.27. The predicted octanol–water partition coefficient (Wildman–Crippen LogP) is 2.62. The third-order valence-electron chi connectivity index (χ3n) is 2.57. The van der Waals surface area contributed by atoms with Crippen LogP contribution in [0.25, 0.3) is 0 Å². The summed E-state index contributed by atoms with van der Waals surface area (Å²) in [5.41, 5.74) is 2.39. The fraction of sp³-hybridized carbons (Fsp3) is 0.533. The summed E-state index contributed by atoms with van der Waals surface area (Å²) in [4.78, 5) is 11.4. The van der Waals surface area contributed by atoms with Gasteiger partial charge in [-0.15, -0.1) is 0 Å². The molecule has 2 N–H and O–H groups in total. The van der Waals surface area contributed by atoms with Crippen LogP contribution in [-0.2, 0) is 4.79 Å². The Balaban J connectivity index is 0.00000137. The minimum atomic E-state index is -0.0119. The number of aliphatic hydroxyl groups excluding tert-OH is 1. The van der Waals surface area contributed by atoms with Crippen molar-refractivity contribution in [2.75, 3.05) is 13.2 Å². The van der Waals surface area contributed by atoms with Gasteiger partial charge in [-0.25, -0.2) is 0 Å². The second-order valence-electron chi connectivity index (χ2n) is 4.09. The second-order valence-corrected chi connectivity index (χ2v) is 4.09. The molecular weight excluding hydrogens is 226 g/mol. The molecular formula is C15H25NO2. The van der Waals surface area contributed by atoms with E-state index in [2.05, 4.69) is 29.6 Å². The van der Waals surface area contributed by atoms with Gasteiger partial charge in [0.2, 0.25) is 5.91 Å². The summed E-state index contributed by atoms with van der Waals surface area (Å²) in [6.45, 7) is 8.40. The number of aliphatic hydroxyl groups is 1. The van der Waals surface area contributed by atoms with Crippen LogP contribution in [0.2, 0.25) is 0 Å². The summed E-state index contributed by atoms with van der Waals surface area (Å²) in [6, 6.07) is 8.22. The minimum Gasteiger partial charge on any atom is -0.395 e. The van der Waals surface area contributed by atoms with E-state index in [0.717, 1.165) is 0 Å². The molecule has 1 atom stereocenters. The van der Waals surface area contributed by atoms with Crippen LogP contribution >= 0.6 is 0 Å². The van der Waals surface area contributed by atoms with Crippen molar-refractivity contribution in [3.63, 3.8) is 0 Å². The molecule has 0 heterocycles. The van der Waals surface area contributed by atoms with Gasteiger partial charge in [0, 0.05) is 13.0 Å². The van der Waals surface area contributed by atoms with E-state index in [1.54, 1.807) is 0 Å². The number of rotatable bonds is 5. The smallest absolute Gasteiger partial charge is 0.220 e. The highest BCUT2D eigenvalue weighted by atomic mass is 16.3. The highest BCUT2D eigenvalue weighted by molar-refractivity contribution is 5.76. The topological polar surface area (TPSA) is 49.3 Å². The average Bonchev–Trinajstić information content (AvgIpc) is 2.39. The summed E-state index contributed by atoms with van der Waals surface area (Å²) < 4.78 is 0. The van der Waals surface area contributed by atoms with Crippen LogP contribution in [-0.4, -0.2) is 24.2 Å². The van der Waals surface area contributed by atoms with Crippen LogP contribution in [0.1, 0.15) is 44.2 Å². The molecule has 0 bridgehead atoms. The van der Waals surface area contributed by atoms with Crippen LogP contribution in [0.3, 0.4) is 0 Å². The van der Waals surface area contributed by atoms with Crippen LogP contribution in [0.15, 0.2) is 24.3 Å². The zero-order chi connectivity index (χ0) is 14.0. The molecule has 0 saturated heterocycles. The molecule has 18 heavy (non-hydrogen) atoms. The Hall–Kier alpha value is -1.35. The number of amides is 1. The van der Waals surface area contributed by atoms with Gasteiger partial charge in [-0.3, -0.25) is 4.79 Å². The molecule has 3 nitrogen and oxygen atoms in total. The Kier molecular flexibility index (Phi) is 8.93. The van der Waals surface area contributed by atoms with Gasteiger partial charge in [-0.2, -0.15) is 0 Å². The Bertz CT molecular complexity index is 333. The van der Waals surface area contributed by atoms with E-state index in [1.807, 2.05) is 27.7 Å². The number of carbonyl (C=O) groups is 1. The van der Waals surface area contributed by atoms with E-state index in [1.165, 1.54) is 11.1 Å². The standard InChI is InChI=1S/C13H19NO2.C2H6/c1-10-3-5-12(6-4-10)11(2)9-13(16)14-7-8-15;1-2/h3-6,11,15H,7-9H2,1-2H3,(H,14,16);1-2H3. The van der Waals surface area contributed by atoms with E-state index in [9.17, 15) is 4.79 Å². The fourth-order valence-corrected chi connectivity index (χ4v) is 1.56. The zero-order valence-electron chi connectivity index (χ0n) is 11.9. The van der Waals surface area contributed by atoms with Crippen LogP contribution in [0, 0.1) is 6.92 Å². The Morgan fingerprint density at radius 2 is 1.83 bits per heavy atom. The first-order valence-electron chi connectivity index (χ1n) is 6.57. The SMILES string of the molecule is CC.Cc1ccc(C(C)CC(=O)NCCO)cc1. The van der Waals surface area contributed by atoms with Crippen molar-refractivity contribution in [1.82, 2.24) is 5.32 Å². The van der Waals surface area contributed by atoms with E-state index < -0.39 is 0 Å². The minimum absolute atomic E-state index is 0.00927. The van der Waals surface area contributed by atoms with Crippen LogP contribution < -0.4 is 5.32 Å². The molecule has 0 spiro atoms. The Labute approximate surface area is 110 Å². The molecule has 0 fully saturated rings. The van der Waals surface area contributed by atoms with Gasteiger partial charge >= 0.3 is 0 Å². The third-order valence-corrected chi connectivity index (χ3v) is 2.57. The monoisotopic (exact) mass is 251 g/mol. The molecule has 3 heteroatoms. The Morgan fingerprint density at radius 3 is 2.33 bits per heavy atom. The number of aryl methyl sites for hydroxylation is 1. The molecule has 1 rings (SSSR count). The van der Waals surface area contributed by atoms with Crippen molar-refractivity contribution in [3.8, 4) is 0 Å². The first kappa shape index (κ1) is 16.6. The molecule has 0 aliphatic heterocycles. The maximum Gasteiger partial charge on any atom is 0.220 e. The number of benzene rings is 1. The first-order chi connectivity index (χ1) is 8.63. The number of carbonyl (C=O) groups excluding carboxylic acids is 1. The molecule has 0 aliphatic rings. The van der Waals surface area contributed by atoms with Gasteiger partial charge in [-0.1, -0.05) is 50.6 Å². The van der Waals surface area contributed by atoms with Crippen molar-refractivity contribution in [2.45, 2.75) is 40.0 Å². The van der Waals surface area contributed by atoms with Crippen LogP contribution in [0.5, 0.6) is 0 Å². The summed E-state index contributed by atoms with van der Waals surface area (Å²) in [5, 5.41) is 11.2. The average molecular weight is 251 g/mol. The van der Waals surface area contributed by atoms with Gasteiger partial charge in [0.25, 0.3) is 0 Å². The van der Waals surface area contributed by atoms with Gasteiger partial charge < -0.3 is 10.4 Å². The first-order valence-corrected chi connectivity index (χ1v) is 6.57. The molecule has 0 saturated carbocycles. The van der Waals surface area contributed by atoms with E-state index in [-0.39, 0.29) is 18.4 Å². The maximum absolute atomic E-state index is 11.4. The quantitative estimate of drug-likeness (QED) is 0.845. The van der Waals surface area contributed by atoms with Gasteiger partial charge in [0.05, 0.1) is 6.61 Å². The molecule has 1 aromatic rings. The third kappa shape index (κ3) is 6.40. The molecule has 0 aliphatic carbocycles. The zero-order valence-corrected chi connectivity index (χ0v) is 11.9. The summed E-state index contributed by atoms with van der Waals surface area (Å²) in [5.74, 6) is 0.196.